The number of sulfonamides is 1. The van der Waals surface area contributed by atoms with Crippen molar-refractivity contribution in [1.29, 1.82) is 0 Å². The van der Waals surface area contributed by atoms with Crippen LogP contribution in [0.2, 0.25) is 0 Å². The summed E-state index contributed by atoms with van der Waals surface area (Å²) in [5.41, 5.74) is 0.741. The summed E-state index contributed by atoms with van der Waals surface area (Å²) in [5.74, 6) is 0. The maximum atomic E-state index is 12.8. The molecular formula is C15H16N2O4S. The van der Waals surface area contributed by atoms with Gasteiger partial charge in [-0.1, -0.05) is 24.3 Å². The summed E-state index contributed by atoms with van der Waals surface area (Å²) in [7, 11) is -3.85. The molecule has 0 spiro atoms. The molecule has 7 heteroatoms. The van der Waals surface area contributed by atoms with Crippen LogP contribution in [-0.2, 0) is 10.0 Å². The zero-order valence-corrected chi connectivity index (χ0v) is 13.1. The lowest BCUT2D eigenvalue weighted by Gasteiger charge is -2.22. The monoisotopic (exact) mass is 320 g/mol. The fraction of sp³-hybridized carbons (Fsp3) is 0.200. The van der Waals surface area contributed by atoms with Crippen molar-refractivity contribution in [1.82, 2.24) is 0 Å². The van der Waals surface area contributed by atoms with Crippen LogP contribution in [0.3, 0.4) is 0 Å². The van der Waals surface area contributed by atoms with E-state index >= 15 is 0 Å². The summed E-state index contributed by atoms with van der Waals surface area (Å²) in [5, 5.41) is 11.0. The third-order valence-corrected chi connectivity index (χ3v) is 5.20. The Bertz CT molecular complexity index is 788. The first-order chi connectivity index (χ1) is 10.4. The zero-order valence-electron chi connectivity index (χ0n) is 12.3. The van der Waals surface area contributed by atoms with Gasteiger partial charge >= 0.3 is 0 Å². The van der Waals surface area contributed by atoms with E-state index in [9.17, 15) is 18.5 Å². The summed E-state index contributed by atoms with van der Waals surface area (Å²) < 4.78 is 26.7. The topological polar surface area (TPSA) is 80.5 Å². The highest BCUT2D eigenvalue weighted by molar-refractivity contribution is 7.92. The number of aryl methyl sites for hydroxylation is 1. The van der Waals surface area contributed by atoms with Crippen molar-refractivity contribution in [3.63, 3.8) is 0 Å². The summed E-state index contributed by atoms with van der Waals surface area (Å²) in [6, 6.07) is 12.6. The average molecular weight is 320 g/mol. The third-order valence-electron chi connectivity index (χ3n) is 3.30. The van der Waals surface area contributed by atoms with E-state index in [1.807, 2.05) is 0 Å². The first kappa shape index (κ1) is 16.0. The lowest BCUT2D eigenvalue weighted by Crippen LogP contribution is -2.30. The van der Waals surface area contributed by atoms with Gasteiger partial charge in [0.1, 0.15) is 0 Å². The highest BCUT2D eigenvalue weighted by atomic mass is 32.2. The molecule has 0 amide bonds. The molecule has 0 atom stereocenters. The summed E-state index contributed by atoms with van der Waals surface area (Å²) in [6.45, 7) is 3.52. The predicted molar refractivity (Wildman–Crippen MR) is 84.5 cm³/mol. The van der Waals surface area contributed by atoms with Gasteiger partial charge < -0.3 is 0 Å². The summed E-state index contributed by atoms with van der Waals surface area (Å²) in [4.78, 5) is 10.3. The Hall–Kier alpha value is -2.41. The van der Waals surface area contributed by atoms with E-state index in [1.54, 1.807) is 44.2 Å². The Morgan fingerprint density at radius 1 is 1.14 bits per heavy atom. The lowest BCUT2D eigenvalue weighted by molar-refractivity contribution is -0.385. The third kappa shape index (κ3) is 2.94. The van der Waals surface area contributed by atoms with Crippen LogP contribution in [0.25, 0.3) is 0 Å². The van der Waals surface area contributed by atoms with Crippen molar-refractivity contribution in [2.24, 2.45) is 0 Å². The van der Waals surface area contributed by atoms with E-state index in [2.05, 4.69) is 0 Å². The molecule has 0 aliphatic heterocycles. The normalized spacial score (nSPS) is 11.2. The van der Waals surface area contributed by atoms with E-state index in [1.165, 1.54) is 16.4 Å². The molecule has 0 heterocycles. The molecule has 0 bridgehead atoms. The molecule has 0 saturated carbocycles. The zero-order chi connectivity index (χ0) is 16.3. The Morgan fingerprint density at radius 2 is 1.77 bits per heavy atom. The van der Waals surface area contributed by atoms with Crippen LogP contribution in [0, 0.1) is 17.0 Å². The van der Waals surface area contributed by atoms with Crippen LogP contribution < -0.4 is 4.31 Å². The fourth-order valence-electron chi connectivity index (χ4n) is 2.16. The number of nitro benzene ring substituents is 1. The highest BCUT2D eigenvalue weighted by Crippen LogP contribution is 2.27. The molecule has 2 rings (SSSR count). The maximum Gasteiger partial charge on any atom is 0.273 e. The van der Waals surface area contributed by atoms with Gasteiger partial charge in [-0.2, -0.15) is 0 Å². The molecule has 2 aromatic rings. The molecule has 0 unspecified atom stereocenters. The van der Waals surface area contributed by atoms with Crippen LogP contribution in [0.5, 0.6) is 0 Å². The summed E-state index contributed by atoms with van der Waals surface area (Å²) >= 11 is 0. The number of nitro groups is 1. The van der Waals surface area contributed by atoms with Crippen molar-refractivity contribution in [2.45, 2.75) is 18.7 Å². The number of hydrogen-bond donors (Lipinski definition) is 0. The highest BCUT2D eigenvalue weighted by Gasteiger charge is 2.26. The quantitative estimate of drug-likeness (QED) is 0.626. The Morgan fingerprint density at radius 3 is 2.32 bits per heavy atom. The van der Waals surface area contributed by atoms with Gasteiger partial charge in [-0.25, -0.2) is 8.42 Å². The largest absolute Gasteiger partial charge is 0.273 e. The molecule has 0 aromatic heterocycles. The number of nitrogens with zero attached hydrogens (tertiary/aromatic N) is 2. The second-order valence-electron chi connectivity index (χ2n) is 4.71. The molecule has 0 fully saturated rings. The second kappa shape index (κ2) is 6.15. The van der Waals surface area contributed by atoms with E-state index in [0.717, 1.165) is 6.07 Å². The van der Waals surface area contributed by atoms with Crippen LogP contribution in [0.4, 0.5) is 11.4 Å². The fourth-order valence-corrected chi connectivity index (χ4v) is 3.65. The SMILES string of the molecule is CCN(c1ccccc1)S(=O)(=O)c1ccc(C)c([N+](=O)[O-])c1. The Labute approximate surface area is 129 Å². The molecule has 0 aliphatic rings. The number of para-hydroxylation sites is 1. The van der Waals surface area contributed by atoms with E-state index < -0.39 is 14.9 Å². The number of benzene rings is 2. The number of hydrogen-bond acceptors (Lipinski definition) is 4. The van der Waals surface area contributed by atoms with Crippen molar-refractivity contribution in [3.05, 3.63) is 64.2 Å². The van der Waals surface area contributed by atoms with Gasteiger partial charge in [-0.05, 0) is 32.0 Å². The smallest absolute Gasteiger partial charge is 0.267 e. The van der Waals surface area contributed by atoms with Gasteiger partial charge in [0.25, 0.3) is 15.7 Å². The maximum absolute atomic E-state index is 12.8. The van der Waals surface area contributed by atoms with Gasteiger partial charge in [0.05, 0.1) is 15.5 Å². The van der Waals surface area contributed by atoms with Crippen LogP contribution in [0.1, 0.15) is 12.5 Å². The van der Waals surface area contributed by atoms with Gasteiger partial charge in [0.2, 0.25) is 0 Å². The summed E-state index contributed by atoms with van der Waals surface area (Å²) in [6.07, 6.45) is 0. The Kier molecular flexibility index (Phi) is 4.46. The molecule has 116 valence electrons. The molecular weight excluding hydrogens is 304 g/mol. The standard InChI is InChI=1S/C15H16N2O4S/c1-3-16(13-7-5-4-6-8-13)22(20,21)14-10-9-12(2)15(11-14)17(18)19/h4-11H,3H2,1-2H3. The minimum atomic E-state index is -3.85. The molecule has 0 saturated heterocycles. The van der Waals surface area contributed by atoms with Gasteiger partial charge in [0, 0.05) is 18.2 Å². The van der Waals surface area contributed by atoms with Crippen LogP contribution in [-0.4, -0.2) is 19.9 Å². The second-order valence-corrected chi connectivity index (χ2v) is 6.57. The van der Waals surface area contributed by atoms with E-state index in [-0.39, 0.29) is 17.1 Å². The van der Waals surface area contributed by atoms with Crippen molar-refractivity contribution < 1.29 is 13.3 Å². The van der Waals surface area contributed by atoms with Crippen molar-refractivity contribution in [3.8, 4) is 0 Å². The van der Waals surface area contributed by atoms with Crippen LogP contribution >= 0.6 is 0 Å². The van der Waals surface area contributed by atoms with Crippen LogP contribution in [0.15, 0.2) is 53.4 Å². The van der Waals surface area contributed by atoms with E-state index in [4.69, 9.17) is 0 Å². The average Bonchev–Trinajstić information content (AvgIpc) is 2.48. The van der Waals surface area contributed by atoms with E-state index in [0.29, 0.717) is 11.3 Å². The predicted octanol–water partition coefficient (Wildman–Crippen LogP) is 3.12. The van der Waals surface area contributed by atoms with Gasteiger partial charge in [-0.3, -0.25) is 14.4 Å². The molecule has 0 aliphatic carbocycles. The molecule has 0 radical (unpaired) electrons. The minimum Gasteiger partial charge on any atom is -0.267 e. The molecule has 22 heavy (non-hydrogen) atoms. The first-order valence-electron chi connectivity index (χ1n) is 6.70. The first-order valence-corrected chi connectivity index (χ1v) is 8.14. The van der Waals surface area contributed by atoms with Crippen molar-refractivity contribution in [2.75, 3.05) is 10.8 Å². The Balaban J connectivity index is 2.54. The molecule has 6 nitrogen and oxygen atoms in total. The van der Waals surface area contributed by atoms with Gasteiger partial charge in [-0.15, -0.1) is 0 Å². The number of rotatable bonds is 5. The van der Waals surface area contributed by atoms with Gasteiger partial charge in [0.15, 0.2) is 0 Å². The molecule has 2 aromatic carbocycles. The van der Waals surface area contributed by atoms with Crippen molar-refractivity contribution >= 4 is 21.4 Å². The minimum absolute atomic E-state index is 0.0875. The number of anilines is 1. The molecule has 0 N–H and O–H groups in total. The lowest BCUT2D eigenvalue weighted by atomic mass is 10.2.